The third-order valence-corrected chi connectivity index (χ3v) is 3.70. The monoisotopic (exact) mass is 306 g/mol. The Kier molecular flexibility index (Phi) is 4.56. The predicted molar refractivity (Wildman–Crippen MR) is 80.0 cm³/mol. The van der Waals surface area contributed by atoms with E-state index >= 15 is 0 Å². The number of nitrogens with zero attached hydrogens (tertiary/aromatic N) is 2. The lowest BCUT2D eigenvalue weighted by Crippen LogP contribution is -2.31. The minimum atomic E-state index is -0.515. The minimum Gasteiger partial charge on any atom is -0.363 e. The van der Waals surface area contributed by atoms with Crippen LogP contribution in [0.2, 0.25) is 5.15 Å². The van der Waals surface area contributed by atoms with Crippen LogP contribution in [0.4, 0.5) is 10.7 Å². The van der Waals surface area contributed by atoms with Gasteiger partial charge in [0.05, 0.1) is 0 Å². The Balaban J connectivity index is 2.03. The maximum Gasteiger partial charge on any atom is 0.246 e. The van der Waals surface area contributed by atoms with Crippen LogP contribution < -0.4 is 10.6 Å². The average molecular weight is 307 g/mol. The van der Waals surface area contributed by atoms with Gasteiger partial charge in [-0.3, -0.25) is 4.79 Å². The average Bonchev–Trinajstić information content (AvgIpc) is 2.80. The number of para-hydroxylation sites is 1. The van der Waals surface area contributed by atoms with Crippen LogP contribution in [-0.2, 0) is 4.79 Å². The molecule has 20 heavy (non-hydrogen) atoms. The summed E-state index contributed by atoms with van der Waals surface area (Å²) in [5, 5.41) is 15.3. The largest absolute Gasteiger partial charge is 0.363 e. The molecule has 0 aliphatic heterocycles. The first kappa shape index (κ1) is 14.3. The molecule has 2 N–H and O–H groups in total. The van der Waals surface area contributed by atoms with E-state index in [9.17, 15) is 4.79 Å². The van der Waals surface area contributed by atoms with Gasteiger partial charge in [0.1, 0.15) is 22.7 Å². The molecule has 7 heteroatoms. The van der Waals surface area contributed by atoms with Crippen molar-refractivity contribution >= 4 is 39.7 Å². The predicted octanol–water partition coefficient (Wildman–Crippen LogP) is 3.11. The van der Waals surface area contributed by atoms with Crippen molar-refractivity contribution in [3.63, 3.8) is 0 Å². The molecule has 0 saturated heterocycles. The third kappa shape index (κ3) is 3.26. The number of hydrogen-bond donors (Lipinski definition) is 2. The highest BCUT2D eigenvalue weighted by molar-refractivity contribution is 7.10. The minimum absolute atomic E-state index is 0.149. The van der Waals surface area contributed by atoms with Crippen molar-refractivity contribution < 1.29 is 4.79 Å². The van der Waals surface area contributed by atoms with Gasteiger partial charge in [0.2, 0.25) is 5.91 Å². The van der Waals surface area contributed by atoms with Gasteiger partial charge in [0.15, 0.2) is 5.15 Å². The van der Waals surface area contributed by atoms with Crippen molar-refractivity contribution in [3.8, 4) is 6.07 Å². The number of carbonyl (C=O) groups excluding carboxylic acids is 1. The van der Waals surface area contributed by atoms with Crippen LogP contribution in [0.25, 0.3) is 0 Å². The first-order valence-corrected chi connectivity index (χ1v) is 6.94. The number of anilines is 2. The fourth-order valence-electron chi connectivity index (χ4n) is 1.50. The molecule has 102 valence electrons. The zero-order valence-electron chi connectivity index (χ0n) is 10.6. The Morgan fingerprint density at radius 2 is 2.15 bits per heavy atom. The second kappa shape index (κ2) is 6.37. The lowest BCUT2D eigenvalue weighted by molar-refractivity contribution is -0.116. The van der Waals surface area contributed by atoms with Crippen LogP contribution in [-0.4, -0.2) is 16.3 Å². The normalized spacial score (nSPS) is 11.4. The molecule has 0 radical (unpaired) electrons. The number of carbonyl (C=O) groups is 1. The Bertz CT molecular complexity index is 650. The summed E-state index contributed by atoms with van der Waals surface area (Å²) in [6.45, 7) is 1.70. The number of aromatic nitrogens is 1. The Labute approximate surface area is 125 Å². The zero-order chi connectivity index (χ0) is 14.5. The second-order valence-corrected chi connectivity index (χ2v) is 5.14. The fourth-order valence-corrected chi connectivity index (χ4v) is 2.52. The summed E-state index contributed by atoms with van der Waals surface area (Å²) in [5.41, 5.74) is 0.977. The van der Waals surface area contributed by atoms with Gasteiger partial charge in [-0.15, -0.1) is 0 Å². The van der Waals surface area contributed by atoms with Gasteiger partial charge < -0.3 is 10.6 Å². The van der Waals surface area contributed by atoms with Crippen molar-refractivity contribution in [1.29, 1.82) is 5.26 Å². The molecule has 0 bridgehead atoms. The van der Waals surface area contributed by atoms with E-state index in [1.54, 1.807) is 19.1 Å². The number of rotatable bonds is 4. The topological polar surface area (TPSA) is 77.8 Å². The molecular weight excluding hydrogens is 296 g/mol. The highest BCUT2D eigenvalue weighted by Gasteiger charge is 2.18. The van der Waals surface area contributed by atoms with E-state index in [0.717, 1.165) is 11.5 Å². The molecule has 5 nitrogen and oxygen atoms in total. The van der Waals surface area contributed by atoms with Gasteiger partial charge >= 0.3 is 0 Å². The van der Waals surface area contributed by atoms with Crippen molar-refractivity contribution in [1.82, 2.24) is 4.37 Å². The zero-order valence-corrected chi connectivity index (χ0v) is 12.1. The van der Waals surface area contributed by atoms with E-state index in [4.69, 9.17) is 16.9 Å². The molecule has 1 atom stereocenters. The van der Waals surface area contributed by atoms with Crippen LogP contribution in [0.1, 0.15) is 12.5 Å². The standard InChI is InChI=1S/C13H11ClN4OS/c1-8(12(19)17-9-5-3-2-4-6-9)16-13-10(7-15)11(14)18-20-13/h2-6,8,16H,1H3,(H,17,19)/t8-/m0/s1. The Morgan fingerprint density at radius 3 is 2.80 bits per heavy atom. The molecule has 0 aliphatic carbocycles. The molecule has 1 heterocycles. The highest BCUT2D eigenvalue weighted by Crippen LogP contribution is 2.28. The lowest BCUT2D eigenvalue weighted by atomic mass is 10.2. The number of nitriles is 1. The van der Waals surface area contributed by atoms with Crippen molar-refractivity contribution in [2.75, 3.05) is 10.6 Å². The number of nitrogens with one attached hydrogen (secondary N) is 2. The van der Waals surface area contributed by atoms with Crippen LogP contribution in [0, 0.1) is 11.3 Å². The molecule has 1 amide bonds. The van der Waals surface area contributed by atoms with Gasteiger partial charge in [0, 0.05) is 5.69 Å². The van der Waals surface area contributed by atoms with E-state index in [0.29, 0.717) is 10.7 Å². The van der Waals surface area contributed by atoms with Crippen molar-refractivity contribution in [2.24, 2.45) is 0 Å². The van der Waals surface area contributed by atoms with Crippen LogP contribution in [0.15, 0.2) is 30.3 Å². The molecule has 0 unspecified atom stereocenters. The quantitative estimate of drug-likeness (QED) is 0.910. The van der Waals surface area contributed by atoms with E-state index < -0.39 is 6.04 Å². The van der Waals surface area contributed by atoms with Crippen LogP contribution in [0.3, 0.4) is 0 Å². The molecule has 0 fully saturated rings. The molecule has 0 aliphatic rings. The van der Waals surface area contributed by atoms with Gasteiger partial charge in [0.25, 0.3) is 0 Å². The summed E-state index contributed by atoms with van der Waals surface area (Å²) in [6, 6.07) is 10.6. The highest BCUT2D eigenvalue weighted by atomic mass is 35.5. The Morgan fingerprint density at radius 1 is 1.45 bits per heavy atom. The first-order valence-electron chi connectivity index (χ1n) is 5.79. The van der Waals surface area contributed by atoms with Crippen LogP contribution >= 0.6 is 23.1 Å². The number of halogens is 1. The SMILES string of the molecule is C[C@H](Nc1snc(Cl)c1C#N)C(=O)Nc1ccccc1. The summed E-state index contributed by atoms with van der Waals surface area (Å²) in [7, 11) is 0. The van der Waals surface area contributed by atoms with Gasteiger partial charge in [-0.05, 0) is 30.6 Å². The maximum atomic E-state index is 12.0. The maximum absolute atomic E-state index is 12.0. The van der Waals surface area contributed by atoms with E-state index in [1.807, 2.05) is 24.3 Å². The smallest absolute Gasteiger partial charge is 0.246 e. The molecular formula is C13H11ClN4OS. The molecule has 1 aromatic carbocycles. The van der Waals surface area contributed by atoms with E-state index in [-0.39, 0.29) is 16.6 Å². The van der Waals surface area contributed by atoms with Crippen LogP contribution in [0.5, 0.6) is 0 Å². The van der Waals surface area contributed by atoms with Gasteiger partial charge in [-0.25, -0.2) is 0 Å². The van der Waals surface area contributed by atoms with Gasteiger partial charge in [-0.1, -0.05) is 29.8 Å². The second-order valence-electron chi connectivity index (χ2n) is 4.01. The number of hydrogen-bond acceptors (Lipinski definition) is 5. The fraction of sp³-hybridized carbons (Fsp3) is 0.154. The molecule has 0 saturated carbocycles. The summed E-state index contributed by atoms with van der Waals surface area (Å²) < 4.78 is 3.87. The van der Waals surface area contributed by atoms with Crippen molar-refractivity contribution in [3.05, 3.63) is 41.0 Å². The molecule has 2 rings (SSSR count). The summed E-state index contributed by atoms with van der Waals surface area (Å²) in [5.74, 6) is -0.204. The number of amides is 1. The molecule has 0 spiro atoms. The summed E-state index contributed by atoms with van der Waals surface area (Å²) >= 11 is 6.83. The summed E-state index contributed by atoms with van der Waals surface area (Å²) in [4.78, 5) is 12.0. The van der Waals surface area contributed by atoms with E-state index in [1.165, 1.54) is 0 Å². The van der Waals surface area contributed by atoms with Crippen molar-refractivity contribution in [2.45, 2.75) is 13.0 Å². The molecule has 2 aromatic rings. The summed E-state index contributed by atoms with van der Waals surface area (Å²) in [6.07, 6.45) is 0. The lowest BCUT2D eigenvalue weighted by Gasteiger charge is -2.13. The van der Waals surface area contributed by atoms with Gasteiger partial charge in [-0.2, -0.15) is 9.64 Å². The first-order chi connectivity index (χ1) is 9.61. The Hall–Kier alpha value is -2.10. The van der Waals surface area contributed by atoms with E-state index in [2.05, 4.69) is 15.0 Å². The third-order valence-electron chi connectivity index (χ3n) is 2.54. The number of benzene rings is 1. The molecule has 1 aromatic heterocycles.